The Balaban J connectivity index is 2.74. The van der Waals surface area contributed by atoms with Crippen LogP contribution in [0.3, 0.4) is 0 Å². The second-order valence-electron chi connectivity index (χ2n) is 4.00. The molecule has 0 heterocycles. The minimum Gasteiger partial charge on any atom is -0.366 e. The summed E-state index contributed by atoms with van der Waals surface area (Å²) in [5.74, 6) is -0.625. The van der Waals surface area contributed by atoms with Gasteiger partial charge >= 0.3 is 0 Å². The van der Waals surface area contributed by atoms with Crippen LogP contribution in [0.1, 0.15) is 23.7 Å². The number of carbonyl (C=O) groups excluding carboxylic acids is 2. The topological polar surface area (TPSA) is 98.2 Å². The lowest BCUT2D eigenvalue weighted by molar-refractivity contribution is -0.116. The molecule has 0 radical (unpaired) electrons. The second kappa shape index (κ2) is 6.00. The van der Waals surface area contributed by atoms with Gasteiger partial charge in [-0.3, -0.25) is 9.59 Å². The van der Waals surface area contributed by atoms with Crippen LogP contribution in [0, 0.1) is 5.92 Å². The summed E-state index contributed by atoms with van der Waals surface area (Å²) in [6, 6.07) is 6.64. The third-order valence-electron chi connectivity index (χ3n) is 2.40. The van der Waals surface area contributed by atoms with Gasteiger partial charge in [0.25, 0.3) is 5.91 Å². The fourth-order valence-electron chi connectivity index (χ4n) is 1.41. The lowest BCUT2D eigenvalue weighted by Crippen LogP contribution is -2.22. The Hall–Kier alpha value is -1.88. The van der Waals surface area contributed by atoms with Gasteiger partial charge in [0.1, 0.15) is 0 Å². The Kier molecular flexibility index (Phi) is 4.66. The van der Waals surface area contributed by atoms with E-state index in [1.54, 1.807) is 24.3 Å². The largest absolute Gasteiger partial charge is 0.366 e. The minimum atomic E-state index is -0.562. The molecule has 0 fully saturated rings. The number of hydrogen-bond acceptors (Lipinski definition) is 3. The number of hydrogen-bond donors (Lipinski definition) is 3. The van der Waals surface area contributed by atoms with E-state index >= 15 is 0 Å². The van der Waals surface area contributed by atoms with E-state index in [2.05, 4.69) is 5.32 Å². The van der Waals surface area contributed by atoms with Gasteiger partial charge in [-0.1, -0.05) is 19.1 Å². The van der Waals surface area contributed by atoms with Crippen molar-refractivity contribution in [1.82, 2.24) is 0 Å². The molecule has 17 heavy (non-hydrogen) atoms. The van der Waals surface area contributed by atoms with Crippen LogP contribution in [0.5, 0.6) is 0 Å². The number of rotatable bonds is 5. The zero-order valence-corrected chi connectivity index (χ0v) is 9.77. The van der Waals surface area contributed by atoms with Crippen LogP contribution in [-0.2, 0) is 4.79 Å². The first-order valence-electron chi connectivity index (χ1n) is 5.43. The zero-order valence-electron chi connectivity index (χ0n) is 9.77. The van der Waals surface area contributed by atoms with Crippen molar-refractivity contribution in [2.45, 2.75) is 13.3 Å². The van der Waals surface area contributed by atoms with E-state index in [1.165, 1.54) is 0 Å². The third kappa shape index (κ3) is 3.88. The molecule has 1 atom stereocenters. The van der Waals surface area contributed by atoms with Crippen LogP contribution in [0.15, 0.2) is 24.3 Å². The van der Waals surface area contributed by atoms with Crippen molar-refractivity contribution < 1.29 is 9.59 Å². The number of carbonyl (C=O) groups is 2. The van der Waals surface area contributed by atoms with Gasteiger partial charge < -0.3 is 16.8 Å². The third-order valence-corrected chi connectivity index (χ3v) is 2.40. The molecule has 1 aromatic rings. The van der Waals surface area contributed by atoms with Gasteiger partial charge in [0.2, 0.25) is 5.91 Å². The molecule has 0 saturated heterocycles. The Morgan fingerprint density at radius 1 is 1.35 bits per heavy atom. The molecule has 0 aliphatic rings. The van der Waals surface area contributed by atoms with Crippen LogP contribution in [-0.4, -0.2) is 18.4 Å². The maximum absolute atomic E-state index is 11.6. The molecule has 0 bridgehead atoms. The molecule has 0 aliphatic carbocycles. The van der Waals surface area contributed by atoms with E-state index in [0.717, 1.165) is 0 Å². The van der Waals surface area contributed by atoms with Crippen LogP contribution in [0.2, 0.25) is 0 Å². The number of nitrogens with two attached hydrogens (primary N) is 2. The highest BCUT2D eigenvalue weighted by molar-refractivity contribution is 6.02. The Bertz CT molecular complexity index is 418. The summed E-state index contributed by atoms with van der Waals surface area (Å²) >= 11 is 0. The molecule has 5 heteroatoms. The van der Waals surface area contributed by atoms with E-state index in [0.29, 0.717) is 24.2 Å². The maximum Gasteiger partial charge on any atom is 0.250 e. The smallest absolute Gasteiger partial charge is 0.250 e. The first-order chi connectivity index (χ1) is 8.04. The summed E-state index contributed by atoms with van der Waals surface area (Å²) < 4.78 is 0. The Morgan fingerprint density at radius 2 is 2.00 bits per heavy atom. The molecular weight excluding hydrogens is 218 g/mol. The van der Waals surface area contributed by atoms with Gasteiger partial charge in [-0.15, -0.1) is 0 Å². The molecule has 0 aliphatic heterocycles. The van der Waals surface area contributed by atoms with Gasteiger partial charge in [0, 0.05) is 6.42 Å². The fraction of sp³-hybridized carbons (Fsp3) is 0.333. The number of nitrogens with one attached hydrogen (secondary N) is 1. The molecule has 0 aromatic heterocycles. The average Bonchev–Trinajstić information content (AvgIpc) is 2.29. The number of anilines is 1. The highest BCUT2D eigenvalue weighted by Crippen LogP contribution is 2.15. The van der Waals surface area contributed by atoms with E-state index in [4.69, 9.17) is 11.5 Å². The molecule has 5 N–H and O–H groups in total. The zero-order chi connectivity index (χ0) is 12.8. The van der Waals surface area contributed by atoms with Crippen molar-refractivity contribution in [2.75, 3.05) is 11.9 Å². The molecule has 1 rings (SSSR count). The molecule has 1 unspecified atom stereocenters. The standard InChI is InChI=1S/C12H17N3O2/c1-8(7-13)6-11(16)15-10-5-3-2-4-9(10)12(14)17/h2-5,8H,6-7,13H2,1H3,(H2,14,17)(H,15,16). The molecule has 5 nitrogen and oxygen atoms in total. The summed E-state index contributed by atoms with van der Waals surface area (Å²) in [6.07, 6.45) is 0.323. The first kappa shape index (κ1) is 13.2. The summed E-state index contributed by atoms with van der Waals surface area (Å²) in [6.45, 7) is 2.34. The van der Waals surface area contributed by atoms with Crippen molar-refractivity contribution >= 4 is 17.5 Å². The Morgan fingerprint density at radius 3 is 2.59 bits per heavy atom. The number of amides is 2. The first-order valence-corrected chi connectivity index (χ1v) is 5.43. The van der Waals surface area contributed by atoms with Crippen molar-refractivity contribution in [3.63, 3.8) is 0 Å². The molecule has 1 aromatic carbocycles. The minimum absolute atomic E-state index is 0.107. The monoisotopic (exact) mass is 235 g/mol. The average molecular weight is 235 g/mol. The SMILES string of the molecule is CC(CN)CC(=O)Nc1ccccc1C(N)=O. The van der Waals surface area contributed by atoms with Gasteiger partial charge in [-0.05, 0) is 24.6 Å². The van der Waals surface area contributed by atoms with Crippen molar-refractivity contribution in [3.05, 3.63) is 29.8 Å². The highest BCUT2D eigenvalue weighted by Gasteiger charge is 2.12. The van der Waals surface area contributed by atoms with E-state index in [1.807, 2.05) is 6.92 Å². The summed E-state index contributed by atoms with van der Waals surface area (Å²) in [7, 11) is 0. The number of primary amides is 1. The van der Waals surface area contributed by atoms with Gasteiger partial charge in [0.15, 0.2) is 0 Å². The number of benzene rings is 1. The molecule has 92 valence electrons. The quantitative estimate of drug-likeness (QED) is 0.700. The fourth-order valence-corrected chi connectivity index (χ4v) is 1.41. The van der Waals surface area contributed by atoms with Crippen LogP contribution in [0.25, 0.3) is 0 Å². The summed E-state index contributed by atoms with van der Waals surface area (Å²) in [5.41, 5.74) is 11.4. The molecule has 0 spiro atoms. The van der Waals surface area contributed by atoms with Crippen molar-refractivity contribution in [3.8, 4) is 0 Å². The number of para-hydroxylation sites is 1. The van der Waals surface area contributed by atoms with Crippen LogP contribution < -0.4 is 16.8 Å². The van der Waals surface area contributed by atoms with Crippen molar-refractivity contribution in [1.29, 1.82) is 0 Å². The van der Waals surface area contributed by atoms with Gasteiger partial charge in [-0.25, -0.2) is 0 Å². The molecular formula is C12H17N3O2. The maximum atomic E-state index is 11.6. The Labute approximate surface area is 100 Å². The lowest BCUT2D eigenvalue weighted by atomic mass is 10.1. The normalized spacial score (nSPS) is 11.9. The molecule has 2 amide bonds. The second-order valence-corrected chi connectivity index (χ2v) is 4.00. The summed E-state index contributed by atoms with van der Waals surface area (Å²) in [5, 5.41) is 2.66. The molecule has 0 saturated carbocycles. The summed E-state index contributed by atoms with van der Waals surface area (Å²) in [4.78, 5) is 22.8. The predicted molar refractivity (Wildman–Crippen MR) is 66.4 cm³/mol. The van der Waals surface area contributed by atoms with Crippen LogP contribution >= 0.6 is 0 Å². The van der Waals surface area contributed by atoms with E-state index < -0.39 is 5.91 Å². The predicted octanol–water partition coefficient (Wildman–Crippen LogP) is 0.709. The van der Waals surface area contributed by atoms with Crippen molar-refractivity contribution in [2.24, 2.45) is 17.4 Å². The van der Waals surface area contributed by atoms with Gasteiger partial charge in [0.05, 0.1) is 11.3 Å². The highest BCUT2D eigenvalue weighted by atomic mass is 16.2. The lowest BCUT2D eigenvalue weighted by Gasteiger charge is -2.11. The van der Waals surface area contributed by atoms with Gasteiger partial charge in [-0.2, -0.15) is 0 Å². The van der Waals surface area contributed by atoms with Crippen LogP contribution in [0.4, 0.5) is 5.69 Å². The van der Waals surface area contributed by atoms with E-state index in [9.17, 15) is 9.59 Å². The van der Waals surface area contributed by atoms with E-state index in [-0.39, 0.29) is 11.8 Å².